The zero-order valence-corrected chi connectivity index (χ0v) is 17.5. The molecule has 0 aliphatic carbocycles. The molecule has 0 saturated carbocycles. The smallest absolute Gasteiger partial charge is 0.166 e. The SMILES string of the molecule is Cc1csc(C(C)(O)c2nnc(Cc3ccn(Cc4ncccc4C)n3)s2)n1. The van der Waals surface area contributed by atoms with Crippen molar-refractivity contribution in [2.24, 2.45) is 0 Å². The van der Waals surface area contributed by atoms with E-state index in [0.717, 1.165) is 27.7 Å². The van der Waals surface area contributed by atoms with Crippen LogP contribution in [0.3, 0.4) is 0 Å². The number of thiazole rings is 1. The number of pyridine rings is 1. The Morgan fingerprint density at radius 2 is 2.04 bits per heavy atom. The molecule has 9 heteroatoms. The second-order valence-electron chi connectivity index (χ2n) is 6.82. The van der Waals surface area contributed by atoms with Crippen molar-refractivity contribution in [3.8, 4) is 0 Å². The van der Waals surface area contributed by atoms with E-state index >= 15 is 0 Å². The Morgan fingerprint density at radius 3 is 2.79 bits per heavy atom. The van der Waals surface area contributed by atoms with Crippen LogP contribution in [0.4, 0.5) is 0 Å². The van der Waals surface area contributed by atoms with Gasteiger partial charge < -0.3 is 5.11 Å². The third kappa shape index (κ3) is 3.87. The summed E-state index contributed by atoms with van der Waals surface area (Å²) in [6.45, 7) is 6.29. The van der Waals surface area contributed by atoms with Crippen LogP contribution < -0.4 is 0 Å². The molecule has 1 N–H and O–H groups in total. The average Bonchev–Trinajstić information content (AvgIpc) is 3.39. The number of hydrogen-bond acceptors (Lipinski definition) is 8. The fraction of sp³-hybridized carbons (Fsp3) is 0.316. The number of nitrogens with zero attached hydrogens (tertiary/aromatic N) is 6. The highest BCUT2D eigenvalue weighted by Gasteiger charge is 2.33. The Hall–Kier alpha value is -2.49. The van der Waals surface area contributed by atoms with Crippen molar-refractivity contribution in [3.05, 3.63) is 73.6 Å². The maximum absolute atomic E-state index is 10.9. The van der Waals surface area contributed by atoms with Crippen molar-refractivity contribution >= 4 is 22.7 Å². The number of hydrogen-bond donors (Lipinski definition) is 1. The fourth-order valence-electron chi connectivity index (χ4n) is 2.77. The summed E-state index contributed by atoms with van der Waals surface area (Å²) in [6.07, 6.45) is 4.31. The lowest BCUT2D eigenvalue weighted by Gasteiger charge is -2.16. The van der Waals surface area contributed by atoms with E-state index in [1.165, 1.54) is 22.7 Å². The molecule has 28 heavy (non-hydrogen) atoms. The minimum atomic E-state index is -1.23. The predicted octanol–water partition coefficient (Wildman–Crippen LogP) is 3.10. The Kier molecular flexibility index (Phi) is 5.05. The molecule has 0 aliphatic rings. The van der Waals surface area contributed by atoms with Crippen molar-refractivity contribution in [2.75, 3.05) is 0 Å². The predicted molar refractivity (Wildman–Crippen MR) is 109 cm³/mol. The highest BCUT2D eigenvalue weighted by Crippen LogP contribution is 2.33. The molecule has 1 unspecified atom stereocenters. The topological polar surface area (TPSA) is 89.6 Å². The van der Waals surface area contributed by atoms with Crippen LogP contribution in [0.2, 0.25) is 0 Å². The van der Waals surface area contributed by atoms with E-state index in [4.69, 9.17) is 0 Å². The van der Waals surface area contributed by atoms with Crippen LogP contribution in [0.5, 0.6) is 0 Å². The molecule has 0 aliphatic heterocycles. The second kappa shape index (κ2) is 7.50. The van der Waals surface area contributed by atoms with Crippen molar-refractivity contribution in [1.29, 1.82) is 0 Å². The molecule has 7 nitrogen and oxygen atoms in total. The molecule has 0 spiro atoms. The summed E-state index contributed by atoms with van der Waals surface area (Å²) in [4.78, 5) is 8.80. The molecule has 0 aromatic carbocycles. The number of aryl methyl sites for hydroxylation is 2. The van der Waals surface area contributed by atoms with Gasteiger partial charge in [0, 0.05) is 29.9 Å². The zero-order chi connectivity index (χ0) is 19.7. The largest absolute Gasteiger partial charge is 0.376 e. The van der Waals surface area contributed by atoms with Crippen LogP contribution in [0.25, 0.3) is 0 Å². The van der Waals surface area contributed by atoms with Crippen molar-refractivity contribution in [3.63, 3.8) is 0 Å². The molecule has 4 aromatic heterocycles. The number of aromatic nitrogens is 6. The van der Waals surface area contributed by atoms with Crippen molar-refractivity contribution in [1.82, 2.24) is 29.9 Å². The highest BCUT2D eigenvalue weighted by atomic mass is 32.1. The standard InChI is InChI=1S/C19H20N6OS2/c1-12-5-4-7-20-15(12)10-25-8-6-14(24-25)9-16-22-23-18(28-16)19(3,26)17-21-13(2)11-27-17/h4-8,11,26H,9-10H2,1-3H3. The van der Waals surface area contributed by atoms with Gasteiger partial charge in [-0.1, -0.05) is 17.4 Å². The Bertz CT molecular complexity index is 1100. The van der Waals surface area contributed by atoms with Crippen LogP contribution in [0, 0.1) is 13.8 Å². The van der Waals surface area contributed by atoms with E-state index in [1.807, 2.05) is 48.3 Å². The van der Waals surface area contributed by atoms with Gasteiger partial charge in [-0.05, 0) is 38.5 Å². The van der Waals surface area contributed by atoms with E-state index in [-0.39, 0.29) is 0 Å². The summed E-state index contributed by atoms with van der Waals surface area (Å²) >= 11 is 2.81. The summed E-state index contributed by atoms with van der Waals surface area (Å²) in [5.74, 6) is 0. The number of aliphatic hydroxyl groups is 1. The molecule has 0 bridgehead atoms. The number of rotatable bonds is 6. The molecule has 4 aromatic rings. The van der Waals surface area contributed by atoms with Gasteiger partial charge in [0.1, 0.15) is 10.0 Å². The van der Waals surface area contributed by atoms with Crippen LogP contribution in [0.15, 0.2) is 36.0 Å². The minimum Gasteiger partial charge on any atom is -0.376 e. The first-order valence-corrected chi connectivity index (χ1v) is 10.5. The lowest BCUT2D eigenvalue weighted by atomic mass is 10.1. The van der Waals surface area contributed by atoms with Gasteiger partial charge in [0.15, 0.2) is 10.6 Å². The maximum Gasteiger partial charge on any atom is 0.166 e. The lowest BCUT2D eigenvalue weighted by Crippen LogP contribution is -2.22. The molecule has 144 valence electrons. The molecule has 4 rings (SSSR count). The summed E-state index contributed by atoms with van der Waals surface area (Å²) in [6, 6.07) is 5.95. The van der Waals surface area contributed by atoms with Gasteiger partial charge >= 0.3 is 0 Å². The normalized spacial score (nSPS) is 13.6. The van der Waals surface area contributed by atoms with E-state index in [1.54, 1.807) is 13.1 Å². The Balaban J connectivity index is 1.47. The Labute approximate surface area is 170 Å². The minimum absolute atomic E-state index is 0.542. The van der Waals surface area contributed by atoms with Crippen LogP contribution >= 0.6 is 22.7 Å². The summed E-state index contributed by atoms with van der Waals surface area (Å²) in [5, 5.41) is 27.8. The molecule has 1 atom stereocenters. The summed E-state index contributed by atoms with van der Waals surface area (Å²) in [5.41, 5.74) is 2.71. The van der Waals surface area contributed by atoms with Crippen LogP contribution in [0.1, 0.15) is 44.6 Å². The summed E-state index contributed by atoms with van der Waals surface area (Å²) in [7, 11) is 0. The van der Waals surface area contributed by atoms with E-state index in [0.29, 0.717) is 23.0 Å². The highest BCUT2D eigenvalue weighted by molar-refractivity contribution is 7.12. The molecular formula is C19H20N6OS2. The monoisotopic (exact) mass is 412 g/mol. The lowest BCUT2D eigenvalue weighted by molar-refractivity contribution is 0.101. The van der Waals surface area contributed by atoms with Crippen LogP contribution in [-0.2, 0) is 18.6 Å². The molecule has 0 radical (unpaired) electrons. The van der Waals surface area contributed by atoms with Crippen LogP contribution in [-0.4, -0.2) is 35.1 Å². The Morgan fingerprint density at radius 1 is 1.18 bits per heavy atom. The van der Waals surface area contributed by atoms with Gasteiger partial charge in [-0.25, -0.2) is 4.98 Å². The maximum atomic E-state index is 10.9. The molecule has 0 amide bonds. The van der Waals surface area contributed by atoms with Gasteiger partial charge in [0.05, 0.1) is 17.9 Å². The van der Waals surface area contributed by atoms with Gasteiger partial charge in [-0.3, -0.25) is 9.67 Å². The first kappa shape index (κ1) is 18.9. The fourth-order valence-corrected chi connectivity index (χ4v) is 4.59. The van der Waals surface area contributed by atoms with Gasteiger partial charge in [-0.2, -0.15) is 5.10 Å². The molecule has 0 fully saturated rings. The van der Waals surface area contributed by atoms with E-state index in [2.05, 4.69) is 25.3 Å². The van der Waals surface area contributed by atoms with E-state index < -0.39 is 5.60 Å². The quantitative estimate of drug-likeness (QED) is 0.523. The average molecular weight is 413 g/mol. The third-order valence-electron chi connectivity index (χ3n) is 4.38. The zero-order valence-electron chi connectivity index (χ0n) is 15.8. The molecular weight excluding hydrogens is 392 g/mol. The van der Waals surface area contributed by atoms with Gasteiger partial charge in [0.2, 0.25) is 0 Å². The van der Waals surface area contributed by atoms with Crippen molar-refractivity contribution in [2.45, 2.75) is 39.3 Å². The first-order valence-electron chi connectivity index (χ1n) is 8.82. The molecule has 0 saturated heterocycles. The van der Waals surface area contributed by atoms with Crippen molar-refractivity contribution < 1.29 is 5.11 Å². The van der Waals surface area contributed by atoms with E-state index in [9.17, 15) is 5.11 Å². The molecule has 4 heterocycles. The third-order valence-corrected chi connectivity index (χ3v) is 6.68. The second-order valence-corrected chi connectivity index (χ2v) is 8.74. The summed E-state index contributed by atoms with van der Waals surface area (Å²) < 4.78 is 1.88. The first-order chi connectivity index (χ1) is 13.4. The van der Waals surface area contributed by atoms with Gasteiger partial charge in [-0.15, -0.1) is 21.5 Å². The van der Waals surface area contributed by atoms with Gasteiger partial charge in [0.25, 0.3) is 0 Å².